The van der Waals surface area contributed by atoms with Crippen molar-refractivity contribution in [3.63, 3.8) is 0 Å². The Morgan fingerprint density at radius 3 is 2.60 bits per heavy atom. The van der Waals surface area contributed by atoms with Gasteiger partial charge in [0.2, 0.25) is 0 Å². The minimum absolute atomic E-state index is 0.236. The van der Waals surface area contributed by atoms with Crippen molar-refractivity contribution in [3.05, 3.63) is 29.6 Å². The van der Waals surface area contributed by atoms with Gasteiger partial charge in [-0.25, -0.2) is 9.18 Å². The first-order valence-corrected chi connectivity index (χ1v) is 5.12. The molecule has 0 aliphatic rings. The summed E-state index contributed by atoms with van der Waals surface area (Å²) >= 11 is 0. The molecule has 1 rings (SSSR count). The maximum atomic E-state index is 13.5. The van der Waals surface area contributed by atoms with Crippen LogP contribution in [0.4, 0.5) is 28.0 Å². The highest BCUT2D eigenvalue weighted by Gasteiger charge is 2.28. The van der Waals surface area contributed by atoms with E-state index in [1.807, 2.05) is 5.32 Å². The summed E-state index contributed by atoms with van der Waals surface area (Å²) in [7, 11) is 0. The molecule has 0 saturated heterocycles. The number of hydrogen-bond donors (Lipinski definition) is 4. The molecule has 0 heterocycles. The average Bonchev–Trinajstić information content (AvgIpc) is 2.35. The largest absolute Gasteiger partial charge is 0.409 e. The third kappa shape index (κ3) is 4.30. The van der Waals surface area contributed by atoms with Crippen LogP contribution in [0, 0.1) is 5.82 Å². The molecular weight excluding hydrogens is 284 g/mol. The fourth-order valence-electron chi connectivity index (χ4n) is 1.29. The summed E-state index contributed by atoms with van der Waals surface area (Å²) in [6.45, 7) is -1.55. The van der Waals surface area contributed by atoms with Gasteiger partial charge in [-0.15, -0.1) is 0 Å². The van der Waals surface area contributed by atoms with Gasteiger partial charge < -0.3 is 21.6 Å². The number of amidine groups is 1. The number of rotatable bonds is 3. The zero-order valence-electron chi connectivity index (χ0n) is 9.83. The van der Waals surface area contributed by atoms with Gasteiger partial charge >= 0.3 is 12.2 Å². The number of carbonyl (C=O) groups is 1. The van der Waals surface area contributed by atoms with Gasteiger partial charge in [-0.2, -0.15) is 13.2 Å². The highest BCUT2D eigenvalue weighted by atomic mass is 19.4. The molecule has 20 heavy (non-hydrogen) atoms. The molecule has 6 nitrogen and oxygen atoms in total. The van der Waals surface area contributed by atoms with Crippen molar-refractivity contribution in [2.75, 3.05) is 11.9 Å². The second kappa shape index (κ2) is 6.08. The van der Waals surface area contributed by atoms with Crippen molar-refractivity contribution in [2.45, 2.75) is 6.18 Å². The van der Waals surface area contributed by atoms with Crippen molar-refractivity contribution >= 4 is 17.6 Å². The standard InChI is InChI=1S/C10H10F4N4O2/c11-5-2-1-3-6(7(5)8(15)18-20)17-9(19)16-4-10(12,13)14/h1-3,20H,4H2,(H2,15,18)(H2,16,17,19). The molecular formula is C10H10F4N4O2. The Hall–Kier alpha value is -2.52. The van der Waals surface area contributed by atoms with Crippen molar-refractivity contribution < 1.29 is 27.6 Å². The van der Waals surface area contributed by atoms with Crippen molar-refractivity contribution in [2.24, 2.45) is 10.9 Å². The molecule has 1 aromatic carbocycles. The van der Waals surface area contributed by atoms with E-state index in [-0.39, 0.29) is 5.69 Å². The minimum Gasteiger partial charge on any atom is -0.409 e. The van der Waals surface area contributed by atoms with Crippen LogP contribution >= 0.6 is 0 Å². The second-order valence-electron chi connectivity index (χ2n) is 3.57. The lowest BCUT2D eigenvalue weighted by Crippen LogP contribution is -2.37. The Morgan fingerprint density at radius 2 is 2.05 bits per heavy atom. The minimum atomic E-state index is -4.58. The molecule has 10 heteroatoms. The molecule has 0 aliphatic carbocycles. The van der Waals surface area contributed by atoms with Crippen LogP contribution in [-0.2, 0) is 0 Å². The summed E-state index contributed by atoms with van der Waals surface area (Å²) in [5, 5.41) is 14.6. The highest BCUT2D eigenvalue weighted by molar-refractivity contribution is 6.05. The number of alkyl halides is 3. The first-order valence-electron chi connectivity index (χ1n) is 5.12. The maximum Gasteiger partial charge on any atom is 0.405 e. The van der Waals surface area contributed by atoms with Crippen LogP contribution in [0.2, 0.25) is 0 Å². The molecule has 0 aliphatic heterocycles. The summed E-state index contributed by atoms with van der Waals surface area (Å²) in [6, 6.07) is 2.15. The number of hydrogen-bond acceptors (Lipinski definition) is 3. The van der Waals surface area contributed by atoms with E-state index in [0.717, 1.165) is 6.07 Å². The van der Waals surface area contributed by atoms with Gasteiger partial charge in [0.15, 0.2) is 5.84 Å². The van der Waals surface area contributed by atoms with Crippen LogP contribution in [0.3, 0.4) is 0 Å². The van der Waals surface area contributed by atoms with Gasteiger partial charge in [-0.1, -0.05) is 11.2 Å². The first-order chi connectivity index (χ1) is 9.24. The average molecular weight is 294 g/mol. The predicted octanol–water partition coefficient (Wildman–Crippen LogP) is 1.60. The van der Waals surface area contributed by atoms with E-state index in [0.29, 0.717) is 0 Å². The topological polar surface area (TPSA) is 99.7 Å². The summed E-state index contributed by atoms with van der Waals surface area (Å²) in [6.07, 6.45) is -4.58. The number of oxime groups is 1. The number of benzene rings is 1. The van der Waals surface area contributed by atoms with Gasteiger partial charge in [0.1, 0.15) is 12.4 Å². The summed E-state index contributed by atoms with van der Waals surface area (Å²) in [5.41, 5.74) is 4.55. The Morgan fingerprint density at radius 1 is 1.40 bits per heavy atom. The Balaban J connectivity index is 2.88. The molecule has 2 amide bonds. The number of nitrogens with one attached hydrogen (secondary N) is 2. The van der Waals surface area contributed by atoms with Crippen molar-refractivity contribution in [3.8, 4) is 0 Å². The number of carbonyl (C=O) groups excluding carboxylic acids is 1. The molecule has 0 fully saturated rings. The quantitative estimate of drug-likeness (QED) is 0.224. The van der Waals surface area contributed by atoms with Crippen LogP contribution < -0.4 is 16.4 Å². The summed E-state index contributed by atoms with van der Waals surface area (Å²) < 4.78 is 49.2. The zero-order chi connectivity index (χ0) is 15.3. The van der Waals surface area contributed by atoms with Crippen molar-refractivity contribution in [1.29, 1.82) is 0 Å². The van der Waals surface area contributed by atoms with Crippen LogP contribution in [0.5, 0.6) is 0 Å². The van der Waals surface area contributed by atoms with Gasteiger partial charge in [0.05, 0.1) is 11.3 Å². The van der Waals surface area contributed by atoms with Gasteiger partial charge in [0.25, 0.3) is 0 Å². The van der Waals surface area contributed by atoms with Crippen LogP contribution in [0.15, 0.2) is 23.4 Å². The summed E-state index contributed by atoms with van der Waals surface area (Å²) in [4.78, 5) is 11.2. The molecule has 0 aromatic heterocycles. The number of amides is 2. The van der Waals surface area contributed by atoms with E-state index in [9.17, 15) is 22.4 Å². The molecule has 1 aromatic rings. The van der Waals surface area contributed by atoms with E-state index >= 15 is 0 Å². The van der Waals surface area contributed by atoms with Gasteiger partial charge in [-0.3, -0.25) is 0 Å². The van der Waals surface area contributed by atoms with E-state index in [1.165, 1.54) is 17.4 Å². The fourth-order valence-corrected chi connectivity index (χ4v) is 1.29. The van der Waals surface area contributed by atoms with E-state index < -0.39 is 36.0 Å². The molecule has 110 valence electrons. The monoisotopic (exact) mass is 294 g/mol. The van der Waals surface area contributed by atoms with Crippen LogP contribution in [-0.4, -0.2) is 29.8 Å². The lowest BCUT2D eigenvalue weighted by Gasteiger charge is -2.12. The Labute approximate surface area is 110 Å². The Bertz CT molecular complexity index is 530. The number of anilines is 1. The molecule has 5 N–H and O–H groups in total. The molecule has 0 bridgehead atoms. The van der Waals surface area contributed by atoms with Crippen LogP contribution in [0.1, 0.15) is 5.56 Å². The third-order valence-electron chi connectivity index (χ3n) is 2.08. The van der Waals surface area contributed by atoms with E-state index in [1.54, 1.807) is 0 Å². The number of nitrogens with two attached hydrogens (primary N) is 1. The molecule has 0 spiro atoms. The lowest BCUT2D eigenvalue weighted by molar-refractivity contribution is -0.122. The fraction of sp³-hybridized carbons (Fsp3) is 0.200. The Kier molecular flexibility index (Phi) is 4.73. The van der Waals surface area contributed by atoms with E-state index in [2.05, 4.69) is 5.16 Å². The van der Waals surface area contributed by atoms with Gasteiger partial charge in [-0.05, 0) is 12.1 Å². The zero-order valence-corrected chi connectivity index (χ0v) is 9.83. The molecule has 0 unspecified atom stereocenters. The highest BCUT2D eigenvalue weighted by Crippen LogP contribution is 2.19. The normalized spacial score (nSPS) is 12.1. The third-order valence-corrected chi connectivity index (χ3v) is 2.08. The molecule has 0 saturated carbocycles. The van der Waals surface area contributed by atoms with Gasteiger partial charge in [0, 0.05) is 0 Å². The number of nitrogens with zero attached hydrogens (tertiary/aromatic N) is 1. The molecule has 0 radical (unpaired) electrons. The first kappa shape index (κ1) is 15.5. The number of halogens is 4. The van der Waals surface area contributed by atoms with Crippen LogP contribution in [0.25, 0.3) is 0 Å². The SMILES string of the molecule is N/C(=N/O)c1c(F)cccc1NC(=O)NCC(F)(F)F. The second-order valence-corrected chi connectivity index (χ2v) is 3.57. The van der Waals surface area contributed by atoms with E-state index in [4.69, 9.17) is 10.9 Å². The van der Waals surface area contributed by atoms with Crippen molar-refractivity contribution in [1.82, 2.24) is 5.32 Å². The summed E-state index contributed by atoms with van der Waals surface area (Å²) in [5.74, 6) is -1.54. The predicted molar refractivity (Wildman–Crippen MR) is 62.0 cm³/mol. The number of urea groups is 1. The molecule has 0 atom stereocenters. The smallest absolute Gasteiger partial charge is 0.405 e. The lowest BCUT2D eigenvalue weighted by atomic mass is 10.1. The maximum absolute atomic E-state index is 13.5.